The van der Waals surface area contributed by atoms with Gasteiger partial charge in [-0.25, -0.2) is 0 Å². The Balaban J connectivity index is 1.92. The first-order chi connectivity index (χ1) is 13.5. The molecule has 2 aromatic carbocycles. The zero-order valence-electron chi connectivity index (χ0n) is 16.1. The van der Waals surface area contributed by atoms with E-state index in [-0.39, 0.29) is 16.9 Å². The van der Waals surface area contributed by atoms with Crippen molar-refractivity contribution in [2.45, 2.75) is 33.1 Å². The van der Waals surface area contributed by atoms with Crippen molar-refractivity contribution in [2.24, 2.45) is 0 Å². The van der Waals surface area contributed by atoms with E-state index in [0.29, 0.717) is 35.7 Å². The standard InChI is InChI=1S/C21H25N3O3S/c1-3-5-13-27-18-8-6-7-15(14-18)20(26)22-16-9-11-17(12-10-16)23-21(28)24-19(25)4-2/h6-12,14H,3-5,13H2,1-2H3,(H,22,26)(H2,23,24,25,28). The van der Waals surface area contributed by atoms with Crippen molar-refractivity contribution in [1.82, 2.24) is 5.32 Å². The Labute approximate surface area is 170 Å². The molecule has 2 rings (SSSR count). The van der Waals surface area contributed by atoms with Gasteiger partial charge in [0.2, 0.25) is 5.91 Å². The molecule has 0 spiro atoms. The molecule has 0 atom stereocenters. The van der Waals surface area contributed by atoms with E-state index < -0.39 is 0 Å². The van der Waals surface area contributed by atoms with Crippen molar-refractivity contribution < 1.29 is 14.3 Å². The lowest BCUT2D eigenvalue weighted by Crippen LogP contribution is -2.33. The molecule has 0 fully saturated rings. The van der Waals surface area contributed by atoms with Crippen LogP contribution in [0.25, 0.3) is 0 Å². The molecule has 2 aromatic rings. The molecule has 0 unspecified atom stereocenters. The third kappa shape index (κ3) is 7.00. The predicted molar refractivity (Wildman–Crippen MR) is 116 cm³/mol. The Morgan fingerprint density at radius 3 is 2.32 bits per heavy atom. The molecule has 28 heavy (non-hydrogen) atoms. The van der Waals surface area contributed by atoms with Gasteiger partial charge in [0.25, 0.3) is 5.91 Å². The Morgan fingerprint density at radius 1 is 1.00 bits per heavy atom. The third-order valence-corrected chi connectivity index (χ3v) is 4.04. The molecule has 0 saturated carbocycles. The third-order valence-electron chi connectivity index (χ3n) is 3.84. The van der Waals surface area contributed by atoms with Crippen molar-refractivity contribution >= 4 is 40.5 Å². The maximum Gasteiger partial charge on any atom is 0.255 e. The van der Waals surface area contributed by atoms with Crippen LogP contribution in [0.2, 0.25) is 0 Å². The quantitative estimate of drug-likeness (QED) is 0.454. The molecule has 148 valence electrons. The van der Waals surface area contributed by atoms with Crippen LogP contribution in [-0.4, -0.2) is 23.5 Å². The van der Waals surface area contributed by atoms with Crippen molar-refractivity contribution in [3.05, 3.63) is 54.1 Å². The summed E-state index contributed by atoms with van der Waals surface area (Å²) in [5, 5.41) is 8.58. The fourth-order valence-electron chi connectivity index (χ4n) is 2.28. The number of ether oxygens (including phenoxy) is 1. The Morgan fingerprint density at radius 2 is 1.68 bits per heavy atom. The first-order valence-electron chi connectivity index (χ1n) is 9.27. The molecule has 0 heterocycles. The molecule has 3 N–H and O–H groups in total. The molecule has 6 nitrogen and oxygen atoms in total. The topological polar surface area (TPSA) is 79.5 Å². The van der Waals surface area contributed by atoms with E-state index in [2.05, 4.69) is 22.9 Å². The number of carbonyl (C=O) groups excluding carboxylic acids is 2. The van der Waals surface area contributed by atoms with Crippen LogP contribution in [-0.2, 0) is 4.79 Å². The summed E-state index contributed by atoms with van der Waals surface area (Å²) in [6.45, 7) is 4.49. The van der Waals surface area contributed by atoms with E-state index in [1.165, 1.54) is 0 Å². The highest BCUT2D eigenvalue weighted by Gasteiger charge is 2.08. The zero-order chi connectivity index (χ0) is 20.4. The van der Waals surface area contributed by atoms with Gasteiger partial charge >= 0.3 is 0 Å². The van der Waals surface area contributed by atoms with Crippen LogP contribution in [0.1, 0.15) is 43.5 Å². The van der Waals surface area contributed by atoms with Gasteiger partial charge in [0.1, 0.15) is 5.75 Å². The van der Waals surface area contributed by atoms with Gasteiger partial charge < -0.3 is 20.7 Å². The molecule has 0 aliphatic carbocycles. The van der Waals surface area contributed by atoms with Crippen LogP contribution >= 0.6 is 12.2 Å². The maximum atomic E-state index is 12.5. The maximum absolute atomic E-state index is 12.5. The summed E-state index contributed by atoms with van der Waals surface area (Å²) < 4.78 is 5.65. The molecule has 0 aromatic heterocycles. The van der Waals surface area contributed by atoms with E-state index in [0.717, 1.165) is 12.8 Å². The minimum atomic E-state index is -0.215. The normalized spacial score (nSPS) is 10.1. The second-order valence-electron chi connectivity index (χ2n) is 6.12. The van der Waals surface area contributed by atoms with E-state index in [9.17, 15) is 9.59 Å². The minimum Gasteiger partial charge on any atom is -0.494 e. The Hall–Kier alpha value is -2.93. The molecule has 0 aliphatic rings. The van der Waals surface area contributed by atoms with E-state index in [1.807, 2.05) is 6.07 Å². The highest BCUT2D eigenvalue weighted by Crippen LogP contribution is 2.17. The van der Waals surface area contributed by atoms with Gasteiger partial charge in [-0.15, -0.1) is 0 Å². The van der Waals surface area contributed by atoms with Crippen molar-refractivity contribution in [3.8, 4) is 5.75 Å². The minimum absolute atomic E-state index is 0.151. The average molecular weight is 400 g/mol. The van der Waals surface area contributed by atoms with Crippen molar-refractivity contribution in [3.63, 3.8) is 0 Å². The fourth-order valence-corrected chi connectivity index (χ4v) is 2.51. The summed E-state index contributed by atoms with van der Waals surface area (Å²) in [6, 6.07) is 14.2. The van der Waals surface area contributed by atoms with E-state index in [1.54, 1.807) is 49.4 Å². The second kappa shape index (κ2) is 11.0. The molecule has 7 heteroatoms. The lowest BCUT2D eigenvalue weighted by Gasteiger charge is -2.11. The molecule has 0 saturated heterocycles. The van der Waals surface area contributed by atoms with Crippen LogP contribution < -0.4 is 20.7 Å². The summed E-state index contributed by atoms with van der Waals surface area (Å²) in [5.74, 6) is 0.318. The van der Waals surface area contributed by atoms with Crippen molar-refractivity contribution in [2.75, 3.05) is 17.2 Å². The molecule has 2 amide bonds. The number of nitrogens with one attached hydrogen (secondary N) is 3. The van der Waals surface area contributed by atoms with Gasteiger partial charge in [0.05, 0.1) is 6.61 Å². The van der Waals surface area contributed by atoms with Gasteiger partial charge in [-0.1, -0.05) is 26.3 Å². The summed E-state index contributed by atoms with van der Waals surface area (Å²) in [5.41, 5.74) is 1.89. The number of benzene rings is 2. The van der Waals surface area contributed by atoms with Crippen LogP contribution in [0.5, 0.6) is 5.75 Å². The zero-order valence-corrected chi connectivity index (χ0v) is 16.9. The number of hydrogen-bond acceptors (Lipinski definition) is 4. The Kier molecular flexibility index (Phi) is 8.42. The van der Waals surface area contributed by atoms with E-state index >= 15 is 0 Å². The number of carbonyl (C=O) groups is 2. The summed E-state index contributed by atoms with van der Waals surface area (Å²) in [6.07, 6.45) is 2.39. The second-order valence-corrected chi connectivity index (χ2v) is 6.53. The highest BCUT2D eigenvalue weighted by molar-refractivity contribution is 7.80. The SMILES string of the molecule is CCCCOc1cccc(C(=O)Nc2ccc(NC(=S)NC(=O)CC)cc2)c1. The van der Waals surface area contributed by atoms with Crippen molar-refractivity contribution in [1.29, 1.82) is 0 Å². The van der Waals surface area contributed by atoms with Gasteiger partial charge in [0.15, 0.2) is 5.11 Å². The first-order valence-corrected chi connectivity index (χ1v) is 9.67. The lowest BCUT2D eigenvalue weighted by molar-refractivity contribution is -0.119. The number of hydrogen-bond donors (Lipinski definition) is 3. The van der Waals surface area contributed by atoms with Gasteiger partial charge in [-0.2, -0.15) is 0 Å². The average Bonchev–Trinajstić information content (AvgIpc) is 2.69. The number of thiocarbonyl (C=S) groups is 1. The van der Waals surface area contributed by atoms with Crippen LogP contribution in [0, 0.1) is 0 Å². The first kappa shape index (κ1) is 21.4. The number of rotatable bonds is 8. The van der Waals surface area contributed by atoms with Gasteiger partial charge in [-0.3, -0.25) is 9.59 Å². The Bertz CT molecular complexity index is 822. The summed E-state index contributed by atoms with van der Waals surface area (Å²) in [7, 11) is 0. The van der Waals surface area contributed by atoms with Crippen LogP contribution in [0.3, 0.4) is 0 Å². The monoisotopic (exact) mass is 399 g/mol. The summed E-state index contributed by atoms with van der Waals surface area (Å²) >= 11 is 5.07. The van der Waals surface area contributed by atoms with Gasteiger partial charge in [0, 0.05) is 23.4 Å². The van der Waals surface area contributed by atoms with E-state index in [4.69, 9.17) is 17.0 Å². The molecular weight excluding hydrogens is 374 g/mol. The molecular formula is C21H25N3O3S. The number of amides is 2. The lowest BCUT2D eigenvalue weighted by atomic mass is 10.2. The van der Waals surface area contributed by atoms with Crippen LogP contribution in [0.15, 0.2) is 48.5 Å². The van der Waals surface area contributed by atoms with Crippen LogP contribution in [0.4, 0.5) is 11.4 Å². The fraction of sp³-hybridized carbons (Fsp3) is 0.286. The largest absolute Gasteiger partial charge is 0.494 e. The molecule has 0 aliphatic heterocycles. The number of unbranched alkanes of at least 4 members (excludes halogenated alkanes) is 1. The smallest absolute Gasteiger partial charge is 0.255 e. The predicted octanol–water partition coefficient (Wildman–Crippen LogP) is 4.34. The molecule has 0 bridgehead atoms. The number of anilines is 2. The summed E-state index contributed by atoms with van der Waals surface area (Å²) in [4.78, 5) is 23.8. The highest BCUT2D eigenvalue weighted by atomic mass is 32.1. The molecule has 0 radical (unpaired) electrons. The van der Waals surface area contributed by atoms with Gasteiger partial charge in [-0.05, 0) is 61.1 Å².